The third kappa shape index (κ3) is 2.42. The molecular formula is C21H32N4. The van der Waals surface area contributed by atoms with Crippen LogP contribution in [0.2, 0.25) is 0 Å². The van der Waals surface area contributed by atoms with Crippen molar-refractivity contribution >= 4 is 11.4 Å². The molecule has 2 aliphatic heterocycles. The van der Waals surface area contributed by atoms with Crippen LogP contribution in [0, 0.1) is 6.92 Å². The molecule has 2 aliphatic rings. The van der Waals surface area contributed by atoms with E-state index in [4.69, 9.17) is 0 Å². The maximum Gasteiger partial charge on any atom is 0.103 e. The minimum Gasteiger partial charge on any atom is -0.356 e. The molecule has 0 aliphatic carbocycles. The van der Waals surface area contributed by atoms with Crippen molar-refractivity contribution in [1.82, 2.24) is 9.80 Å². The number of hydrogen-bond acceptors (Lipinski definition) is 4. The van der Waals surface area contributed by atoms with Crippen molar-refractivity contribution in [2.75, 3.05) is 23.9 Å². The van der Waals surface area contributed by atoms with Gasteiger partial charge in [-0.15, -0.1) is 0 Å². The summed E-state index contributed by atoms with van der Waals surface area (Å²) in [5.41, 5.74) is 9.32. The van der Waals surface area contributed by atoms with Crippen molar-refractivity contribution in [1.29, 1.82) is 0 Å². The quantitative estimate of drug-likeness (QED) is 0.774. The number of nitrogens with zero attached hydrogens (tertiary/aromatic N) is 4. The van der Waals surface area contributed by atoms with Gasteiger partial charge in [-0.1, -0.05) is 6.07 Å². The molecule has 0 amide bonds. The van der Waals surface area contributed by atoms with E-state index in [1.807, 2.05) is 0 Å². The molecule has 0 saturated carbocycles. The van der Waals surface area contributed by atoms with E-state index in [0.717, 1.165) is 0 Å². The molecule has 3 rings (SSSR count). The van der Waals surface area contributed by atoms with Crippen LogP contribution >= 0.6 is 0 Å². The molecule has 0 aromatic heterocycles. The molecule has 4 heteroatoms. The second kappa shape index (κ2) is 6.01. The van der Waals surface area contributed by atoms with Crippen molar-refractivity contribution in [3.63, 3.8) is 0 Å². The van der Waals surface area contributed by atoms with Crippen LogP contribution in [0.4, 0.5) is 11.4 Å². The molecule has 0 N–H and O–H groups in total. The van der Waals surface area contributed by atoms with Crippen LogP contribution in [-0.4, -0.2) is 36.2 Å². The van der Waals surface area contributed by atoms with Crippen LogP contribution in [0.15, 0.2) is 41.0 Å². The predicted molar refractivity (Wildman–Crippen MR) is 107 cm³/mol. The van der Waals surface area contributed by atoms with E-state index in [1.54, 1.807) is 0 Å². The summed E-state index contributed by atoms with van der Waals surface area (Å²) < 4.78 is 0. The highest BCUT2D eigenvalue weighted by atomic mass is 15.4. The van der Waals surface area contributed by atoms with Crippen LogP contribution in [0.5, 0.6) is 0 Å². The second-order valence-electron chi connectivity index (χ2n) is 7.49. The van der Waals surface area contributed by atoms with Gasteiger partial charge in [0.25, 0.3) is 0 Å². The molecule has 136 valence electrons. The van der Waals surface area contributed by atoms with E-state index in [-0.39, 0.29) is 0 Å². The molecule has 2 heterocycles. The summed E-state index contributed by atoms with van der Waals surface area (Å²) in [6.45, 7) is 15.7. The zero-order valence-electron chi connectivity index (χ0n) is 17.2. The highest BCUT2D eigenvalue weighted by molar-refractivity contribution is 5.72. The Hall–Kier alpha value is -2.10. The van der Waals surface area contributed by atoms with E-state index < -0.39 is 0 Å². The summed E-state index contributed by atoms with van der Waals surface area (Å²) in [4.78, 5) is 9.63. The van der Waals surface area contributed by atoms with Gasteiger partial charge in [0.15, 0.2) is 0 Å². The van der Waals surface area contributed by atoms with Gasteiger partial charge in [-0.3, -0.25) is 0 Å². The lowest BCUT2D eigenvalue weighted by Crippen LogP contribution is -2.37. The van der Waals surface area contributed by atoms with Gasteiger partial charge in [-0.2, -0.15) is 0 Å². The van der Waals surface area contributed by atoms with Gasteiger partial charge in [-0.25, -0.2) is 0 Å². The lowest BCUT2D eigenvalue weighted by molar-refractivity contribution is 0.356. The van der Waals surface area contributed by atoms with Crippen LogP contribution in [-0.2, 0) is 0 Å². The molecule has 0 saturated heterocycles. The van der Waals surface area contributed by atoms with Gasteiger partial charge in [0.2, 0.25) is 0 Å². The maximum absolute atomic E-state index is 2.46. The van der Waals surface area contributed by atoms with Gasteiger partial charge in [0.05, 0.1) is 0 Å². The van der Waals surface area contributed by atoms with Gasteiger partial charge in [0, 0.05) is 48.3 Å². The molecule has 25 heavy (non-hydrogen) atoms. The van der Waals surface area contributed by atoms with E-state index >= 15 is 0 Å². The summed E-state index contributed by atoms with van der Waals surface area (Å²) in [7, 11) is 4.35. The SMILES string of the molecule is CC1=C(C)N(c2cccc(N3C(C)=C(C)N(C)[C@@H]3C)c2C)[C@H](C)N1C. The van der Waals surface area contributed by atoms with Crippen LogP contribution in [0.3, 0.4) is 0 Å². The Morgan fingerprint density at radius 1 is 0.640 bits per heavy atom. The standard InChI is InChI=1S/C21H32N4/c1-13-20(24-16(4)14(2)22(8)18(24)6)11-10-12-21(13)25-17(5)15(3)23(9)19(25)7/h10-12,18-19H,1-9H3/t18-,19+. The van der Waals surface area contributed by atoms with Crippen LogP contribution in [0.1, 0.15) is 47.1 Å². The van der Waals surface area contributed by atoms with Crippen molar-refractivity contribution in [2.45, 2.75) is 60.8 Å². The zero-order valence-corrected chi connectivity index (χ0v) is 17.2. The molecule has 0 fully saturated rings. The van der Waals surface area contributed by atoms with E-state index in [2.05, 4.69) is 100 Å². The Morgan fingerprint density at radius 3 is 1.28 bits per heavy atom. The Balaban J connectivity index is 2.09. The highest BCUT2D eigenvalue weighted by Crippen LogP contribution is 2.41. The number of anilines is 2. The summed E-state index contributed by atoms with van der Waals surface area (Å²) in [6.07, 6.45) is 0.678. The molecule has 0 bridgehead atoms. The smallest absolute Gasteiger partial charge is 0.103 e. The highest BCUT2D eigenvalue weighted by Gasteiger charge is 2.33. The summed E-state index contributed by atoms with van der Waals surface area (Å²) in [5, 5.41) is 0. The molecule has 1 aromatic carbocycles. The van der Waals surface area contributed by atoms with Crippen molar-refractivity contribution in [3.8, 4) is 0 Å². The third-order valence-corrected chi connectivity index (χ3v) is 6.49. The number of hydrogen-bond donors (Lipinski definition) is 0. The average Bonchev–Trinajstić information content (AvgIpc) is 2.89. The largest absolute Gasteiger partial charge is 0.356 e. The minimum absolute atomic E-state index is 0.339. The normalized spacial score (nSPS) is 24.4. The fraction of sp³-hybridized carbons (Fsp3) is 0.524. The Bertz CT molecular complexity index is 701. The zero-order chi connectivity index (χ0) is 18.6. The topological polar surface area (TPSA) is 13.0 Å². The predicted octanol–water partition coefficient (Wildman–Crippen LogP) is 4.69. The number of benzene rings is 1. The van der Waals surface area contributed by atoms with Crippen LogP contribution in [0.25, 0.3) is 0 Å². The van der Waals surface area contributed by atoms with E-state index in [9.17, 15) is 0 Å². The van der Waals surface area contributed by atoms with Gasteiger partial charge >= 0.3 is 0 Å². The Morgan fingerprint density at radius 2 is 1.00 bits per heavy atom. The molecular weight excluding hydrogens is 308 g/mol. The average molecular weight is 341 g/mol. The van der Waals surface area contributed by atoms with E-state index in [0.29, 0.717) is 12.3 Å². The Kier molecular flexibility index (Phi) is 4.26. The fourth-order valence-electron chi connectivity index (χ4n) is 4.22. The first kappa shape index (κ1) is 17.7. The first-order valence-corrected chi connectivity index (χ1v) is 9.17. The Labute approximate surface area is 153 Å². The summed E-state index contributed by atoms with van der Waals surface area (Å²) in [6, 6.07) is 6.70. The molecule has 0 unspecified atom stereocenters. The second-order valence-corrected chi connectivity index (χ2v) is 7.49. The summed E-state index contributed by atoms with van der Waals surface area (Å²) >= 11 is 0. The maximum atomic E-state index is 2.46. The first-order chi connectivity index (χ1) is 11.7. The molecule has 1 aromatic rings. The van der Waals surface area contributed by atoms with Gasteiger partial charge in [-0.05, 0) is 66.2 Å². The van der Waals surface area contributed by atoms with Crippen molar-refractivity contribution < 1.29 is 0 Å². The van der Waals surface area contributed by atoms with Crippen molar-refractivity contribution in [3.05, 3.63) is 46.6 Å². The lowest BCUT2D eigenvalue weighted by Gasteiger charge is -2.34. The number of allylic oxidation sites excluding steroid dienone is 4. The first-order valence-electron chi connectivity index (χ1n) is 9.17. The van der Waals surface area contributed by atoms with Gasteiger partial charge < -0.3 is 19.6 Å². The molecule has 0 radical (unpaired) electrons. The molecule has 4 nitrogen and oxygen atoms in total. The minimum atomic E-state index is 0.339. The number of rotatable bonds is 2. The van der Waals surface area contributed by atoms with Gasteiger partial charge in [0.1, 0.15) is 12.3 Å². The van der Waals surface area contributed by atoms with Crippen molar-refractivity contribution in [2.24, 2.45) is 0 Å². The van der Waals surface area contributed by atoms with E-state index in [1.165, 1.54) is 39.7 Å². The molecule has 2 atom stereocenters. The molecule has 0 spiro atoms. The third-order valence-electron chi connectivity index (χ3n) is 6.49. The monoisotopic (exact) mass is 340 g/mol. The summed E-state index contributed by atoms with van der Waals surface area (Å²) in [5.74, 6) is 0. The lowest BCUT2D eigenvalue weighted by atomic mass is 10.1. The van der Waals surface area contributed by atoms with Crippen LogP contribution < -0.4 is 9.80 Å². The fourth-order valence-corrected chi connectivity index (χ4v) is 4.22.